The molecule has 0 aliphatic carbocycles. The molecule has 0 amide bonds. The lowest BCUT2D eigenvalue weighted by Crippen LogP contribution is -2.22. The fourth-order valence-corrected chi connectivity index (χ4v) is 0.376. The van der Waals surface area contributed by atoms with E-state index in [1.807, 2.05) is 0 Å². The highest BCUT2D eigenvalue weighted by Crippen LogP contribution is 1.85. The van der Waals surface area contributed by atoms with Gasteiger partial charge in [0.05, 0.1) is 26.4 Å². The van der Waals surface area contributed by atoms with Crippen molar-refractivity contribution in [2.45, 2.75) is 0 Å². The molecule has 0 aromatic carbocycles. The van der Waals surface area contributed by atoms with Gasteiger partial charge in [-0.25, -0.2) is 0 Å². The van der Waals surface area contributed by atoms with Gasteiger partial charge in [0.15, 0.2) is 0 Å². The van der Waals surface area contributed by atoms with Crippen molar-refractivity contribution in [2.24, 2.45) is 0 Å². The summed E-state index contributed by atoms with van der Waals surface area (Å²) in [7, 11) is 2.55. The number of hydrogen-bond donors (Lipinski definition) is 3. The van der Waals surface area contributed by atoms with Crippen molar-refractivity contribution in [3.05, 3.63) is 0 Å². The number of hydroxylamine groups is 2. The van der Waals surface area contributed by atoms with Crippen molar-refractivity contribution in [3.63, 3.8) is 0 Å². The molecule has 6 heteroatoms. The van der Waals surface area contributed by atoms with Gasteiger partial charge in [-0.3, -0.25) is 9.68 Å². The molecule has 0 rings (SSSR count). The first-order chi connectivity index (χ1) is 5.81. The molecule has 3 N–H and O–H groups in total. The number of nitrogens with zero attached hydrogens (tertiary/aromatic N) is 1. The summed E-state index contributed by atoms with van der Waals surface area (Å²) in [5, 5.41) is 24.7. The average molecular weight is 183 g/mol. The topological polar surface area (TPSA) is 82.4 Å². The second kappa shape index (κ2) is 13.4. The van der Waals surface area contributed by atoms with E-state index in [0.29, 0.717) is 0 Å². The van der Waals surface area contributed by atoms with Crippen LogP contribution >= 0.6 is 0 Å². The molecule has 0 bridgehead atoms. The molecule has 0 atom stereocenters. The SMILES string of the molecule is CN(OCCO)OCCO.CO. The highest BCUT2D eigenvalue weighted by atomic mass is 16.9. The average Bonchev–Trinajstić information content (AvgIpc) is 2.14. The maximum absolute atomic E-state index is 8.28. The summed E-state index contributed by atoms with van der Waals surface area (Å²) in [5.74, 6) is 0. The minimum atomic E-state index is -0.0488. The molecule has 0 aliphatic rings. The summed E-state index contributed by atoms with van der Waals surface area (Å²) in [6.45, 7) is 0.295. The van der Waals surface area contributed by atoms with Crippen molar-refractivity contribution in [3.8, 4) is 0 Å². The summed E-state index contributed by atoms with van der Waals surface area (Å²) in [4.78, 5) is 9.49. The van der Waals surface area contributed by atoms with Crippen molar-refractivity contribution >= 4 is 0 Å². The molecule has 12 heavy (non-hydrogen) atoms. The Morgan fingerprint density at radius 2 is 1.33 bits per heavy atom. The molecule has 0 aromatic rings. The van der Waals surface area contributed by atoms with Crippen LogP contribution in [0.2, 0.25) is 0 Å². The van der Waals surface area contributed by atoms with Gasteiger partial charge in [0.2, 0.25) is 0 Å². The zero-order valence-electron chi connectivity index (χ0n) is 7.43. The molecule has 0 fully saturated rings. The molecule has 0 spiro atoms. The first-order valence-electron chi connectivity index (χ1n) is 3.47. The third-order valence-electron chi connectivity index (χ3n) is 0.729. The third-order valence-corrected chi connectivity index (χ3v) is 0.729. The first-order valence-corrected chi connectivity index (χ1v) is 3.47. The standard InChI is InChI=1S/C5H13NO4.CH4O/c1-6(9-4-2-7)10-5-3-8;1-2/h7-8H,2-5H2,1H3;2H,1H3. The largest absolute Gasteiger partial charge is 0.400 e. The second-order valence-corrected chi connectivity index (χ2v) is 1.55. The van der Waals surface area contributed by atoms with Gasteiger partial charge in [-0.15, -0.1) is 0 Å². The Bertz CT molecular complexity index is 65.0. The molecule has 0 aliphatic heterocycles. The van der Waals surface area contributed by atoms with Gasteiger partial charge >= 0.3 is 0 Å². The van der Waals surface area contributed by atoms with E-state index < -0.39 is 0 Å². The lowest BCUT2D eigenvalue weighted by molar-refractivity contribution is -0.356. The molecular weight excluding hydrogens is 166 g/mol. The van der Waals surface area contributed by atoms with Gasteiger partial charge in [-0.05, 0) is 0 Å². The van der Waals surface area contributed by atoms with E-state index in [1.54, 1.807) is 7.05 Å². The molecule has 6 nitrogen and oxygen atoms in total. The van der Waals surface area contributed by atoms with Crippen molar-refractivity contribution in [2.75, 3.05) is 40.6 Å². The maximum Gasteiger partial charge on any atom is 0.0942 e. The molecule has 0 heterocycles. The van der Waals surface area contributed by atoms with Gasteiger partial charge < -0.3 is 15.3 Å². The quantitative estimate of drug-likeness (QED) is 0.429. The fourth-order valence-electron chi connectivity index (χ4n) is 0.376. The summed E-state index contributed by atoms with van der Waals surface area (Å²) < 4.78 is 0. The lowest BCUT2D eigenvalue weighted by Gasteiger charge is -2.13. The second-order valence-electron chi connectivity index (χ2n) is 1.55. The monoisotopic (exact) mass is 183 g/mol. The minimum Gasteiger partial charge on any atom is -0.400 e. The van der Waals surface area contributed by atoms with E-state index >= 15 is 0 Å². The Labute approximate surface area is 71.8 Å². The van der Waals surface area contributed by atoms with Crippen LogP contribution in [-0.4, -0.2) is 61.1 Å². The number of rotatable bonds is 6. The Balaban J connectivity index is 0. The van der Waals surface area contributed by atoms with E-state index in [0.717, 1.165) is 12.3 Å². The molecular formula is C6H17NO5. The van der Waals surface area contributed by atoms with Gasteiger partial charge in [-0.1, -0.05) is 5.23 Å². The Kier molecular flexibility index (Phi) is 15.9. The minimum absolute atomic E-state index is 0.0488. The van der Waals surface area contributed by atoms with Crippen LogP contribution in [0.25, 0.3) is 0 Å². The third kappa shape index (κ3) is 12.4. The van der Waals surface area contributed by atoms with Crippen molar-refractivity contribution in [1.29, 1.82) is 0 Å². The summed E-state index contributed by atoms with van der Waals surface area (Å²) in [6, 6.07) is 0. The maximum atomic E-state index is 8.28. The van der Waals surface area contributed by atoms with Crippen molar-refractivity contribution in [1.82, 2.24) is 5.23 Å². The smallest absolute Gasteiger partial charge is 0.0942 e. The highest BCUT2D eigenvalue weighted by molar-refractivity contribution is 4.18. The normalized spacial score (nSPS) is 9.50. The van der Waals surface area contributed by atoms with Crippen LogP contribution in [0.3, 0.4) is 0 Å². The summed E-state index contributed by atoms with van der Waals surface area (Å²) in [5.41, 5.74) is 0. The van der Waals surface area contributed by atoms with Crippen LogP contribution in [0.15, 0.2) is 0 Å². The van der Waals surface area contributed by atoms with E-state index in [1.165, 1.54) is 0 Å². The Morgan fingerprint density at radius 3 is 1.58 bits per heavy atom. The van der Waals surface area contributed by atoms with Gasteiger partial charge in [0.1, 0.15) is 0 Å². The van der Waals surface area contributed by atoms with E-state index in [9.17, 15) is 0 Å². The van der Waals surface area contributed by atoms with Gasteiger partial charge in [0.25, 0.3) is 0 Å². The van der Waals surface area contributed by atoms with Gasteiger partial charge in [0, 0.05) is 14.2 Å². The van der Waals surface area contributed by atoms with E-state index in [-0.39, 0.29) is 26.4 Å². The summed E-state index contributed by atoms with van der Waals surface area (Å²) >= 11 is 0. The zero-order chi connectivity index (χ0) is 9.82. The number of aliphatic hydroxyl groups is 3. The van der Waals surface area contributed by atoms with Crippen LogP contribution in [0, 0.1) is 0 Å². The fraction of sp³-hybridized carbons (Fsp3) is 1.00. The lowest BCUT2D eigenvalue weighted by atomic mass is 10.8. The Morgan fingerprint density at radius 1 is 1.00 bits per heavy atom. The molecule has 0 aromatic heterocycles. The van der Waals surface area contributed by atoms with Gasteiger partial charge in [-0.2, -0.15) is 0 Å². The number of hydrogen-bond acceptors (Lipinski definition) is 6. The Hall–Kier alpha value is -0.240. The predicted molar refractivity (Wildman–Crippen MR) is 42.0 cm³/mol. The van der Waals surface area contributed by atoms with Crippen LogP contribution in [0.1, 0.15) is 0 Å². The summed E-state index contributed by atoms with van der Waals surface area (Å²) in [6.07, 6.45) is 0. The molecule has 0 radical (unpaired) electrons. The van der Waals surface area contributed by atoms with Crippen LogP contribution in [-0.2, 0) is 9.68 Å². The zero-order valence-corrected chi connectivity index (χ0v) is 7.43. The molecule has 0 saturated heterocycles. The number of aliphatic hydroxyl groups excluding tert-OH is 3. The van der Waals surface area contributed by atoms with Crippen LogP contribution in [0.5, 0.6) is 0 Å². The van der Waals surface area contributed by atoms with Crippen LogP contribution in [0.4, 0.5) is 0 Å². The highest BCUT2D eigenvalue weighted by Gasteiger charge is 1.95. The molecule has 0 saturated carbocycles. The predicted octanol–water partition coefficient (Wildman–Crippen LogP) is -1.63. The van der Waals surface area contributed by atoms with Crippen molar-refractivity contribution < 1.29 is 25.0 Å². The van der Waals surface area contributed by atoms with Crippen LogP contribution < -0.4 is 0 Å². The molecule has 0 unspecified atom stereocenters. The van der Waals surface area contributed by atoms with E-state index in [4.69, 9.17) is 25.0 Å². The molecule has 76 valence electrons. The van der Waals surface area contributed by atoms with E-state index in [2.05, 4.69) is 0 Å². The first kappa shape index (κ1) is 14.3.